The minimum Gasteiger partial charge on any atom is -0.497 e. The van der Waals surface area contributed by atoms with Gasteiger partial charge in [-0.1, -0.05) is 24.3 Å². The molecule has 9 heteroatoms. The van der Waals surface area contributed by atoms with E-state index in [0.717, 1.165) is 17.4 Å². The molecule has 2 rings (SSSR count). The van der Waals surface area contributed by atoms with Gasteiger partial charge in [0.25, 0.3) is 0 Å². The number of aryl methyl sites for hydroxylation is 1. The van der Waals surface area contributed by atoms with E-state index >= 15 is 0 Å². The van der Waals surface area contributed by atoms with E-state index in [-0.39, 0.29) is 24.8 Å². The highest BCUT2D eigenvalue weighted by molar-refractivity contribution is 7.92. The summed E-state index contributed by atoms with van der Waals surface area (Å²) >= 11 is 0. The molecule has 1 N–H and O–H groups in total. The molecule has 0 aliphatic heterocycles. The van der Waals surface area contributed by atoms with Gasteiger partial charge in [0.05, 0.1) is 19.1 Å². The smallest absolute Gasteiger partial charge is 0.242 e. The predicted molar refractivity (Wildman–Crippen MR) is 134 cm³/mol. The Bertz CT molecular complexity index is 1070. The van der Waals surface area contributed by atoms with Crippen molar-refractivity contribution in [1.82, 2.24) is 10.2 Å². The zero-order valence-corrected chi connectivity index (χ0v) is 21.4. The Morgan fingerprint density at radius 3 is 2.29 bits per heavy atom. The van der Waals surface area contributed by atoms with Crippen molar-refractivity contribution < 1.29 is 22.7 Å². The number of nitrogens with one attached hydrogen (secondary N) is 1. The normalized spacial score (nSPS) is 12.0. The van der Waals surface area contributed by atoms with Crippen molar-refractivity contribution in [2.75, 3.05) is 30.8 Å². The van der Waals surface area contributed by atoms with Gasteiger partial charge in [0.1, 0.15) is 11.8 Å². The average molecular weight is 490 g/mol. The van der Waals surface area contributed by atoms with Crippen LogP contribution in [0, 0.1) is 6.92 Å². The molecule has 0 saturated heterocycles. The molecule has 0 saturated carbocycles. The first kappa shape index (κ1) is 27.2. The zero-order chi connectivity index (χ0) is 25.3. The number of rotatable bonds is 12. The number of anilines is 1. The largest absolute Gasteiger partial charge is 0.497 e. The summed E-state index contributed by atoms with van der Waals surface area (Å²) in [7, 11) is -2.00. The summed E-state index contributed by atoms with van der Waals surface area (Å²) in [5.41, 5.74) is 2.50. The molecule has 0 radical (unpaired) electrons. The number of likely N-dealkylation sites (N-methyl/N-ethyl adjacent to an activating group) is 1. The second kappa shape index (κ2) is 12.4. The third kappa shape index (κ3) is 7.48. The number of carbonyl (C=O) groups is 2. The third-order valence-electron chi connectivity index (χ3n) is 5.63. The number of hydrogen-bond acceptors (Lipinski definition) is 5. The van der Waals surface area contributed by atoms with Gasteiger partial charge in [0.15, 0.2) is 0 Å². The summed E-state index contributed by atoms with van der Waals surface area (Å²) < 4.78 is 31.2. The lowest BCUT2D eigenvalue weighted by atomic mass is 10.1. The molecule has 2 amide bonds. The van der Waals surface area contributed by atoms with E-state index in [0.29, 0.717) is 30.9 Å². The molecule has 0 aromatic heterocycles. The quantitative estimate of drug-likeness (QED) is 0.494. The van der Waals surface area contributed by atoms with Crippen LogP contribution >= 0.6 is 0 Å². The number of methoxy groups -OCH3 is 1. The molecule has 34 heavy (non-hydrogen) atoms. The van der Waals surface area contributed by atoms with E-state index < -0.39 is 16.1 Å². The van der Waals surface area contributed by atoms with Crippen molar-refractivity contribution in [1.29, 1.82) is 0 Å². The van der Waals surface area contributed by atoms with Crippen molar-refractivity contribution in [3.8, 4) is 5.75 Å². The topological polar surface area (TPSA) is 96.0 Å². The Labute approximate surface area is 202 Å². The Morgan fingerprint density at radius 2 is 1.74 bits per heavy atom. The standard InChI is InChI=1S/C25H35N3O5S/c1-6-26-25(30)20(3)27(18-21-11-8-7-10-19(21)2)24(29)12-9-17-28(34(5,31)32)22-13-15-23(33-4)16-14-22/h7-8,10-11,13-16,20H,6,9,12,17-18H2,1-5H3,(H,26,30)/t20-/m0/s1. The van der Waals surface area contributed by atoms with Gasteiger partial charge in [0.2, 0.25) is 21.8 Å². The maximum Gasteiger partial charge on any atom is 0.242 e. The Balaban J connectivity index is 2.15. The van der Waals surface area contributed by atoms with Crippen molar-refractivity contribution in [2.24, 2.45) is 0 Å². The van der Waals surface area contributed by atoms with Crippen LogP contribution in [0.1, 0.15) is 37.8 Å². The fourth-order valence-corrected chi connectivity index (χ4v) is 4.59. The first-order chi connectivity index (χ1) is 16.1. The lowest BCUT2D eigenvalue weighted by Gasteiger charge is -2.30. The summed E-state index contributed by atoms with van der Waals surface area (Å²) in [6.45, 7) is 6.43. The van der Waals surface area contributed by atoms with E-state index in [1.165, 1.54) is 4.31 Å². The molecule has 8 nitrogen and oxygen atoms in total. The van der Waals surface area contributed by atoms with Crippen molar-refractivity contribution in [3.05, 3.63) is 59.7 Å². The number of sulfonamides is 1. The van der Waals surface area contributed by atoms with Gasteiger partial charge in [-0.15, -0.1) is 0 Å². The molecule has 2 aromatic rings. The fraction of sp³-hybridized carbons (Fsp3) is 0.440. The molecule has 0 aliphatic carbocycles. The van der Waals surface area contributed by atoms with E-state index in [9.17, 15) is 18.0 Å². The van der Waals surface area contributed by atoms with Gasteiger partial charge >= 0.3 is 0 Å². The van der Waals surface area contributed by atoms with Gasteiger partial charge in [-0.05, 0) is 62.6 Å². The first-order valence-corrected chi connectivity index (χ1v) is 13.2. The number of amides is 2. The molecule has 0 aliphatic rings. The molecule has 0 spiro atoms. The molecular formula is C25H35N3O5S. The van der Waals surface area contributed by atoms with Gasteiger partial charge in [-0.2, -0.15) is 0 Å². The maximum absolute atomic E-state index is 13.2. The lowest BCUT2D eigenvalue weighted by Crippen LogP contribution is -2.47. The highest BCUT2D eigenvalue weighted by atomic mass is 32.2. The molecule has 0 fully saturated rings. The molecule has 0 unspecified atom stereocenters. The third-order valence-corrected chi connectivity index (χ3v) is 6.83. The van der Waals surface area contributed by atoms with E-state index in [4.69, 9.17) is 4.74 Å². The number of nitrogens with zero attached hydrogens (tertiary/aromatic N) is 2. The Morgan fingerprint density at radius 1 is 1.09 bits per heavy atom. The van der Waals surface area contributed by atoms with Crippen molar-refractivity contribution in [2.45, 2.75) is 46.2 Å². The van der Waals surface area contributed by atoms with Crippen molar-refractivity contribution >= 4 is 27.5 Å². The molecule has 186 valence electrons. The monoisotopic (exact) mass is 489 g/mol. The highest BCUT2D eigenvalue weighted by Crippen LogP contribution is 2.22. The zero-order valence-electron chi connectivity index (χ0n) is 20.6. The molecule has 2 aromatic carbocycles. The van der Waals surface area contributed by atoms with Crippen LogP contribution in [-0.4, -0.2) is 57.6 Å². The summed E-state index contributed by atoms with van der Waals surface area (Å²) in [6, 6.07) is 13.8. The number of hydrogen-bond donors (Lipinski definition) is 1. The van der Waals surface area contributed by atoms with Gasteiger partial charge in [-0.3, -0.25) is 13.9 Å². The number of ether oxygens (including phenoxy) is 1. The van der Waals surface area contributed by atoms with Crippen LogP contribution in [0.15, 0.2) is 48.5 Å². The molecule has 1 atom stereocenters. The minimum atomic E-state index is -3.54. The van der Waals surface area contributed by atoms with Crippen LogP contribution in [0.25, 0.3) is 0 Å². The average Bonchev–Trinajstić information content (AvgIpc) is 2.80. The van der Waals surface area contributed by atoms with Crippen LogP contribution in [-0.2, 0) is 26.2 Å². The van der Waals surface area contributed by atoms with Crippen LogP contribution in [0.5, 0.6) is 5.75 Å². The van der Waals surface area contributed by atoms with Gasteiger partial charge in [0, 0.05) is 26.1 Å². The SMILES string of the molecule is CCNC(=O)[C@H](C)N(Cc1ccccc1C)C(=O)CCCN(c1ccc(OC)cc1)S(C)(=O)=O. The van der Waals surface area contributed by atoms with Gasteiger partial charge < -0.3 is 15.0 Å². The minimum absolute atomic E-state index is 0.109. The Kier molecular flexibility index (Phi) is 9.92. The predicted octanol–water partition coefficient (Wildman–Crippen LogP) is 3.10. The summed E-state index contributed by atoms with van der Waals surface area (Å²) in [6.07, 6.45) is 1.56. The van der Waals surface area contributed by atoms with E-state index in [1.54, 1.807) is 43.2 Å². The fourth-order valence-electron chi connectivity index (χ4n) is 3.63. The Hall–Kier alpha value is -3.07. The summed E-state index contributed by atoms with van der Waals surface area (Å²) in [4.78, 5) is 27.3. The number of benzene rings is 2. The lowest BCUT2D eigenvalue weighted by molar-refractivity contribution is -0.140. The molecule has 0 bridgehead atoms. The van der Waals surface area contributed by atoms with Gasteiger partial charge in [-0.25, -0.2) is 8.42 Å². The maximum atomic E-state index is 13.2. The summed E-state index contributed by atoms with van der Waals surface area (Å²) in [5.74, 6) is 0.198. The van der Waals surface area contributed by atoms with E-state index in [2.05, 4.69) is 5.32 Å². The van der Waals surface area contributed by atoms with Crippen LogP contribution in [0.3, 0.4) is 0 Å². The van der Waals surface area contributed by atoms with E-state index in [1.807, 2.05) is 38.1 Å². The molecule has 0 heterocycles. The van der Waals surface area contributed by atoms with Crippen LogP contribution < -0.4 is 14.4 Å². The van der Waals surface area contributed by atoms with Crippen molar-refractivity contribution in [3.63, 3.8) is 0 Å². The summed E-state index contributed by atoms with van der Waals surface area (Å²) in [5, 5.41) is 2.78. The number of carbonyl (C=O) groups excluding carboxylic acids is 2. The highest BCUT2D eigenvalue weighted by Gasteiger charge is 2.26. The second-order valence-electron chi connectivity index (χ2n) is 8.16. The first-order valence-electron chi connectivity index (χ1n) is 11.3. The van der Waals surface area contributed by atoms with Crippen LogP contribution in [0.4, 0.5) is 5.69 Å². The second-order valence-corrected chi connectivity index (χ2v) is 10.1. The van der Waals surface area contributed by atoms with Crippen LogP contribution in [0.2, 0.25) is 0 Å². The molecular weight excluding hydrogens is 454 g/mol.